The summed E-state index contributed by atoms with van der Waals surface area (Å²) in [7, 11) is 0. The van der Waals surface area contributed by atoms with E-state index in [-0.39, 0.29) is 10.7 Å². The topological polar surface area (TPSA) is 55.3 Å². The van der Waals surface area contributed by atoms with Gasteiger partial charge in [0.05, 0.1) is 16.3 Å². The van der Waals surface area contributed by atoms with Gasteiger partial charge in [-0.3, -0.25) is 0 Å². The zero-order valence-electron chi connectivity index (χ0n) is 10.7. The Hall–Kier alpha value is -0.650. The van der Waals surface area contributed by atoms with Gasteiger partial charge < -0.3 is 16.4 Å². The van der Waals surface area contributed by atoms with E-state index in [1.165, 1.54) is 17.8 Å². The normalized spacial score (nSPS) is 11.2. The Balaban J connectivity index is 2.71. The molecule has 1 aromatic rings. The van der Waals surface area contributed by atoms with Gasteiger partial charge in [0.1, 0.15) is 5.02 Å². The van der Waals surface area contributed by atoms with E-state index in [4.69, 9.17) is 23.1 Å². The highest BCUT2D eigenvalue weighted by molar-refractivity contribution is 7.99. The summed E-state index contributed by atoms with van der Waals surface area (Å²) in [5, 5.41) is -0.0467. The molecule has 0 aliphatic carbocycles. The molecule has 0 saturated carbocycles. The zero-order valence-corrected chi connectivity index (χ0v) is 12.2. The second-order valence-corrected chi connectivity index (χ2v) is 5.37. The number of benzene rings is 1. The number of thioether (sulfide) groups is 1. The van der Waals surface area contributed by atoms with Crippen molar-refractivity contribution in [3.8, 4) is 0 Å². The Kier molecular flexibility index (Phi) is 6.05. The van der Waals surface area contributed by atoms with Crippen LogP contribution in [-0.4, -0.2) is 30.3 Å². The molecule has 0 heterocycles. The summed E-state index contributed by atoms with van der Waals surface area (Å²) in [5.41, 5.74) is 11.8. The molecular formula is C12H19ClFN3S. The molecule has 0 radical (unpaired) electrons. The third kappa shape index (κ3) is 3.67. The summed E-state index contributed by atoms with van der Waals surface area (Å²) in [6.45, 7) is 7.06. The molecule has 18 heavy (non-hydrogen) atoms. The number of hydrogen-bond donors (Lipinski definition) is 2. The van der Waals surface area contributed by atoms with Gasteiger partial charge in [-0.25, -0.2) is 4.39 Å². The highest BCUT2D eigenvalue weighted by Gasteiger charge is 2.14. The van der Waals surface area contributed by atoms with Gasteiger partial charge in [-0.2, -0.15) is 0 Å². The first-order valence-corrected chi connectivity index (χ1v) is 7.25. The van der Waals surface area contributed by atoms with Crippen molar-refractivity contribution in [1.82, 2.24) is 4.90 Å². The zero-order chi connectivity index (χ0) is 13.7. The molecular weight excluding hydrogens is 273 g/mol. The Labute approximate surface area is 117 Å². The molecule has 0 atom stereocenters. The van der Waals surface area contributed by atoms with Gasteiger partial charge in [-0.1, -0.05) is 25.4 Å². The van der Waals surface area contributed by atoms with E-state index in [2.05, 4.69) is 18.7 Å². The van der Waals surface area contributed by atoms with Crippen LogP contribution in [0.3, 0.4) is 0 Å². The molecule has 6 heteroatoms. The summed E-state index contributed by atoms with van der Waals surface area (Å²) in [4.78, 5) is 2.65. The predicted octanol–water partition coefficient (Wildman–Crippen LogP) is 3.08. The molecule has 0 aromatic heterocycles. The Bertz CT molecular complexity index is 411. The number of anilines is 2. The summed E-state index contributed by atoms with van der Waals surface area (Å²) < 4.78 is 13.9. The van der Waals surface area contributed by atoms with Crippen LogP contribution in [0, 0.1) is 5.82 Å². The van der Waals surface area contributed by atoms with Crippen molar-refractivity contribution in [2.75, 3.05) is 36.9 Å². The standard InChI is InChI=1S/C12H19ClFN3S/c1-3-17(4-2)5-6-18-12-9(16)7-8(15)10(13)11(12)14/h7H,3-6,15-16H2,1-2H3. The van der Waals surface area contributed by atoms with Crippen molar-refractivity contribution >= 4 is 34.7 Å². The Morgan fingerprint density at radius 2 is 1.89 bits per heavy atom. The molecule has 4 N–H and O–H groups in total. The van der Waals surface area contributed by atoms with Gasteiger partial charge in [0.15, 0.2) is 5.82 Å². The highest BCUT2D eigenvalue weighted by Crippen LogP contribution is 2.36. The maximum atomic E-state index is 13.9. The van der Waals surface area contributed by atoms with E-state index in [0.717, 1.165) is 25.4 Å². The van der Waals surface area contributed by atoms with Crippen LogP contribution in [0.2, 0.25) is 5.02 Å². The quantitative estimate of drug-likeness (QED) is 0.625. The van der Waals surface area contributed by atoms with Crippen LogP contribution in [0.15, 0.2) is 11.0 Å². The van der Waals surface area contributed by atoms with Crippen LogP contribution in [0.25, 0.3) is 0 Å². The van der Waals surface area contributed by atoms with Gasteiger partial charge >= 0.3 is 0 Å². The molecule has 1 rings (SSSR count). The monoisotopic (exact) mass is 291 g/mol. The van der Waals surface area contributed by atoms with E-state index in [1.807, 2.05) is 0 Å². The number of nitrogens with zero attached hydrogens (tertiary/aromatic N) is 1. The summed E-state index contributed by atoms with van der Waals surface area (Å²) in [5.74, 6) is 0.252. The van der Waals surface area contributed by atoms with Crippen molar-refractivity contribution in [3.05, 3.63) is 16.9 Å². The molecule has 0 aliphatic rings. The van der Waals surface area contributed by atoms with Crippen LogP contribution in [-0.2, 0) is 0 Å². The Morgan fingerprint density at radius 3 is 2.44 bits per heavy atom. The molecule has 0 unspecified atom stereocenters. The molecule has 0 amide bonds. The number of nitrogen functional groups attached to an aromatic ring is 2. The van der Waals surface area contributed by atoms with Gasteiger partial charge in [-0.05, 0) is 19.2 Å². The minimum atomic E-state index is -0.515. The highest BCUT2D eigenvalue weighted by atomic mass is 35.5. The van der Waals surface area contributed by atoms with Crippen molar-refractivity contribution in [1.29, 1.82) is 0 Å². The smallest absolute Gasteiger partial charge is 0.159 e. The fraction of sp³-hybridized carbons (Fsp3) is 0.500. The van der Waals surface area contributed by atoms with Gasteiger partial charge in [-0.15, -0.1) is 11.8 Å². The summed E-state index contributed by atoms with van der Waals surface area (Å²) >= 11 is 7.15. The fourth-order valence-electron chi connectivity index (χ4n) is 1.61. The van der Waals surface area contributed by atoms with Crippen LogP contribution in [0.1, 0.15) is 13.8 Å². The van der Waals surface area contributed by atoms with Crippen LogP contribution < -0.4 is 11.5 Å². The van der Waals surface area contributed by atoms with Crippen molar-refractivity contribution in [2.45, 2.75) is 18.7 Å². The number of halogens is 2. The van der Waals surface area contributed by atoms with Crippen LogP contribution in [0.5, 0.6) is 0 Å². The second-order valence-electron chi connectivity index (χ2n) is 3.89. The van der Waals surface area contributed by atoms with Gasteiger partial charge in [0, 0.05) is 12.3 Å². The molecule has 1 aromatic carbocycles. The number of nitrogens with two attached hydrogens (primary N) is 2. The lowest BCUT2D eigenvalue weighted by atomic mass is 10.3. The summed E-state index contributed by atoms with van der Waals surface area (Å²) in [6.07, 6.45) is 0. The molecule has 0 spiro atoms. The maximum absolute atomic E-state index is 13.9. The van der Waals surface area contributed by atoms with E-state index >= 15 is 0 Å². The van der Waals surface area contributed by atoms with Crippen LogP contribution in [0.4, 0.5) is 15.8 Å². The van der Waals surface area contributed by atoms with Gasteiger partial charge in [0.25, 0.3) is 0 Å². The van der Waals surface area contributed by atoms with E-state index in [1.54, 1.807) is 0 Å². The van der Waals surface area contributed by atoms with Crippen molar-refractivity contribution < 1.29 is 4.39 Å². The fourth-order valence-corrected chi connectivity index (χ4v) is 2.83. The lowest BCUT2D eigenvalue weighted by Gasteiger charge is -2.18. The average Bonchev–Trinajstić information content (AvgIpc) is 2.35. The van der Waals surface area contributed by atoms with Gasteiger partial charge in [0.2, 0.25) is 0 Å². The first kappa shape index (κ1) is 15.4. The predicted molar refractivity (Wildman–Crippen MR) is 78.7 cm³/mol. The minimum Gasteiger partial charge on any atom is -0.398 e. The third-order valence-electron chi connectivity index (χ3n) is 2.77. The number of rotatable bonds is 6. The number of hydrogen-bond acceptors (Lipinski definition) is 4. The first-order chi connectivity index (χ1) is 8.51. The van der Waals surface area contributed by atoms with E-state index < -0.39 is 5.82 Å². The third-order valence-corrected chi connectivity index (χ3v) is 4.24. The van der Waals surface area contributed by atoms with Crippen LogP contribution >= 0.6 is 23.4 Å². The molecule has 3 nitrogen and oxygen atoms in total. The minimum absolute atomic E-state index is 0.0467. The average molecular weight is 292 g/mol. The SMILES string of the molecule is CCN(CC)CCSc1c(N)cc(N)c(Cl)c1F. The molecule has 0 aliphatic heterocycles. The van der Waals surface area contributed by atoms with Crippen molar-refractivity contribution in [2.24, 2.45) is 0 Å². The van der Waals surface area contributed by atoms with Crippen molar-refractivity contribution in [3.63, 3.8) is 0 Å². The van der Waals surface area contributed by atoms with E-state index in [0.29, 0.717) is 10.6 Å². The lowest BCUT2D eigenvalue weighted by Crippen LogP contribution is -2.25. The molecule has 0 fully saturated rings. The van der Waals surface area contributed by atoms with E-state index in [9.17, 15) is 4.39 Å². The first-order valence-electron chi connectivity index (χ1n) is 5.89. The largest absolute Gasteiger partial charge is 0.398 e. The second kappa shape index (κ2) is 7.07. The summed E-state index contributed by atoms with van der Waals surface area (Å²) in [6, 6.07) is 1.51. The maximum Gasteiger partial charge on any atom is 0.159 e. The molecule has 102 valence electrons. The lowest BCUT2D eigenvalue weighted by molar-refractivity contribution is 0.324. The molecule has 0 bridgehead atoms. The Morgan fingerprint density at radius 1 is 1.28 bits per heavy atom. The molecule has 0 saturated heterocycles.